The standard InChI is InChI=1S/C17H31NO/c19-17-11-5-4-9-15(17)16-10-6-12-18(16)13-14-7-2-1-3-8-14/h14-17,19H,1-13H2. The molecule has 2 saturated carbocycles. The summed E-state index contributed by atoms with van der Waals surface area (Å²) < 4.78 is 0. The van der Waals surface area contributed by atoms with Crippen molar-refractivity contribution in [2.24, 2.45) is 11.8 Å². The second kappa shape index (κ2) is 6.58. The molecule has 1 saturated heterocycles. The maximum absolute atomic E-state index is 10.3. The molecule has 3 aliphatic rings. The highest BCUT2D eigenvalue weighted by Gasteiger charge is 2.37. The van der Waals surface area contributed by atoms with Crippen LogP contribution in [-0.4, -0.2) is 35.2 Å². The maximum atomic E-state index is 10.3. The summed E-state index contributed by atoms with van der Waals surface area (Å²) in [5.74, 6) is 1.54. The van der Waals surface area contributed by atoms with Gasteiger partial charge in [-0.05, 0) is 51.0 Å². The lowest BCUT2D eigenvalue weighted by Gasteiger charge is -2.39. The van der Waals surface area contributed by atoms with Crippen molar-refractivity contribution in [2.45, 2.75) is 82.8 Å². The van der Waals surface area contributed by atoms with Crippen molar-refractivity contribution >= 4 is 0 Å². The Balaban J connectivity index is 1.57. The van der Waals surface area contributed by atoms with Crippen molar-refractivity contribution in [1.82, 2.24) is 4.90 Å². The molecule has 0 bridgehead atoms. The minimum absolute atomic E-state index is 0.00861. The highest BCUT2D eigenvalue weighted by atomic mass is 16.3. The molecule has 2 aliphatic carbocycles. The number of nitrogens with zero attached hydrogens (tertiary/aromatic N) is 1. The van der Waals surface area contributed by atoms with Gasteiger partial charge in [-0.2, -0.15) is 0 Å². The Hall–Kier alpha value is -0.0800. The maximum Gasteiger partial charge on any atom is 0.0583 e. The van der Waals surface area contributed by atoms with Crippen LogP contribution in [0.1, 0.15) is 70.6 Å². The van der Waals surface area contributed by atoms with E-state index in [0.29, 0.717) is 12.0 Å². The highest BCUT2D eigenvalue weighted by Crippen LogP contribution is 2.36. The zero-order chi connectivity index (χ0) is 13.1. The third kappa shape index (κ3) is 3.33. The van der Waals surface area contributed by atoms with Gasteiger partial charge in [-0.3, -0.25) is 4.90 Å². The molecule has 0 spiro atoms. The average molecular weight is 265 g/mol. The van der Waals surface area contributed by atoms with Crippen LogP contribution in [0.5, 0.6) is 0 Å². The van der Waals surface area contributed by atoms with E-state index in [1.165, 1.54) is 77.3 Å². The van der Waals surface area contributed by atoms with Gasteiger partial charge in [0.2, 0.25) is 0 Å². The molecule has 1 heterocycles. The van der Waals surface area contributed by atoms with Crippen molar-refractivity contribution in [1.29, 1.82) is 0 Å². The fourth-order valence-electron chi connectivity index (χ4n) is 4.85. The Morgan fingerprint density at radius 3 is 2.32 bits per heavy atom. The Labute approximate surface area is 118 Å². The number of rotatable bonds is 3. The molecule has 2 heteroatoms. The zero-order valence-electron chi connectivity index (χ0n) is 12.4. The Morgan fingerprint density at radius 2 is 1.53 bits per heavy atom. The molecule has 1 aliphatic heterocycles. The Bertz CT molecular complexity index is 274. The van der Waals surface area contributed by atoms with Crippen LogP contribution in [0, 0.1) is 11.8 Å². The van der Waals surface area contributed by atoms with Crippen LogP contribution >= 0.6 is 0 Å². The van der Waals surface area contributed by atoms with Gasteiger partial charge in [-0.1, -0.05) is 32.1 Å². The molecule has 110 valence electrons. The van der Waals surface area contributed by atoms with E-state index >= 15 is 0 Å². The highest BCUT2D eigenvalue weighted by molar-refractivity contribution is 4.91. The van der Waals surface area contributed by atoms with Gasteiger partial charge >= 0.3 is 0 Å². The van der Waals surface area contributed by atoms with Gasteiger partial charge in [0.25, 0.3) is 0 Å². The van der Waals surface area contributed by atoms with Gasteiger partial charge in [-0.15, -0.1) is 0 Å². The summed E-state index contributed by atoms with van der Waals surface area (Å²) in [6.45, 7) is 2.62. The van der Waals surface area contributed by atoms with Gasteiger partial charge < -0.3 is 5.11 Å². The predicted molar refractivity (Wildman–Crippen MR) is 79.1 cm³/mol. The van der Waals surface area contributed by atoms with Crippen LogP contribution in [0.4, 0.5) is 0 Å². The largest absolute Gasteiger partial charge is 0.393 e. The van der Waals surface area contributed by atoms with Gasteiger partial charge in [0, 0.05) is 18.5 Å². The first-order valence-electron chi connectivity index (χ1n) is 8.77. The summed E-state index contributed by atoms with van der Waals surface area (Å²) in [6.07, 6.45) is 14.9. The lowest BCUT2D eigenvalue weighted by Crippen LogP contribution is -2.44. The molecule has 0 aromatic heterocycles. The predicted octanol–water partition coefficient (Wildman–Crippen LogP) is 3.58. The first-order valence-corrected chi connectivity index (χ1v) is 8.77. The number of hydrogen-bond donors (Lipinski definition) is 1. The summed E-state index contributed by atoms with van der Waals surface area (Å²) in [5, 5.41) is 10.3. The molecule has 3 rings (SSSR count). The summed E-state index contributed by atoms with van der Waals surface area (Å²) in [4.78, 5) is 2.76. The number of likely N-dealkylation sites (tertiary alicyclic amines) is 1. The van der Waals surface area contributed by atoms with Crippen molar-refractivity contribution in [3.8, 4) is 0 Å². The van der Waals surface area contributed by atoms with E-state index in [1.807, 2.05) is 0 Å². The molecule has 3 fully saturated rings. The monoisotopic (exact) mass is 265 g/mol. The molecule has 3 unspecified atom stereocenters. The smallest absolute Gasteiger partial charge is 0.0583 e. The lowest BCUT2D eigenvalue weighted by atomic mass is 9.80. The number of hydrogen-bond acceptors (Lipinski definition) is 2. The number of aliphatic hydroxyl groups excluding tert-OH is 1. The van der Waals surface area contributed by atoms with E-state index in [2.05, 4.69) is 4.90 Å². The van der Waals surface area contributed by atoms with Gasteiger partial charge in [0.1, 0.15) is 0 Å². The Morgan fingerprint density at radius 1 is 0.789 bits per heavy atom. The van der Waals surface area contributed by atoms with Crippen LogP contribution in [0.3, 0.4) is 0 Å². The molecule has 2 nitrogen and oxygen atoms in total. The van der Waals surface area contributed by atoms with Crippen LogP contribution in [0.15, 0.2) is 0 Å². The zero-order valence-corrected chi connectivity index (χ0v) is 12.4. The van der Waals surface area contributed by atoms with Crippen LogP contribution < -0.4 is 0 Å². The van der Waals surface area contributed by atoms with E-state index in [-0.39, 0.29) is 6.10 Å². The van der Waals surface area contributed by atoms with E-state index in [0.717, 1.165) is 12.3 Å². The van der Waals surface area contributed by atoms with Crippen LogP contribution in [0.2, 0.25) is 0 Å². The van der Waals surface area contributed by atoms with Crippen molar-refractivity contribution in [3.63, 3.8) is 0 Å². The van der Waals surface area contributed by atoms with E-state index in [9.17, 15) is 5.11 Å². The lowest BCUT2D eigenvalue weighted by molar-refractivity contribution is 0.0169. The van der Waals surface area contributed by atoms with Gasteiger partial charge in [-0.25, -0.2) is 0 Å². The van der Waals surface area contributed by atoms with E-state index in [1.54, 1.807) is 0 Å². The second-order valence-corrected chi connectivity index (χ2v) is 7.22. The third-order valence-electron chi connectivity index (χ3n) is 5.91. The second-order valence-electron chi connectivity index (χ2n) is 7.22. The first kappa shape index (κ1) is 13.9. The molecular weight excluding hydrogens is 234 g/mol. The van der Waals surface area contributed by atoms with Crippen LogP contribution in [-0.2, 0) is 0 Å². The molecule has 3 atom stereocenters. The summed E-state index contributed by atoms with van der Waals surface area (Å²) in [7, 11) is 0. The van der Waals surface area contributed by atoms with E-state index < -0.39 is 0 Å². The summed E-state index contributed by atoms with van der Waals surface area (Å²) >= 11 is 0. The molecule has 0 amide bonds. The fraction of sp³-hybridized carbons (Fsp3) is 1.00. The SMILES string of the molecule is OC1CCCCC1C1CCCN1CC1CCCCC1. The van der Waals surface area contributed by atoms with Gasteiger partial charge in [0.15, 0.2) is 0 Å². The topological polar surface area (TPSA) is 23.5 Å². The quantitative estimate of drug-likeness (QED) is 0.843. The minimum atomic E-state index is -0.00861. The van der Waals surface area contributed by atoms with Crippen molar-refractivity contribution in [3.05, 3.63) is 0 Å². The number of aliphatic hydroxyl groups is 1. The van der Waals surface area contributed by atoms with E-state index in [4.69, 9.17) is 0 Å². The summed E-state index contributed by atoms with van der Waals surface area (Å²) in [5.41, 5.74) is 0. The minimum Gasteiger partial charge on any atom is -0.393 e. The molecule has 0 aromatic rings. The molecule has 1 N–H and O–H groups in total. The third-order valence-corrected chi connectivity index (χ3v) is 5.91. The molecular formula is C17H31NO. The van der Waals surface area contributed by atoms with Gasteiger partial charge in [0.05, 0.1) is 6.10 Å². The Kier molecular flexibility index (Phi) is 4.81. The van der Waals surface area contributed by atoms with Crippen molar-refractivity contribution < 1.29 is 5.11 Å². The van der Waals surface area contributed by atoms with Crippen molar-refractivity contribution in [2.75, 3.05) is 13.1 Å². The molecule has 0 radical (unpaired) electrons. The van der Waals surface area contributed by atoms with Crippen LogP contribution in [0.25, 0.3) is 0 Å². The summed E-state index contributed by atoms with van der Waals surface area (Å²) in [6, 6.07) is 0.706. The molecule has 0 aromatic carbocycles. The normalized spacial score (nSPS) is 38.7. The first-order chi connectivity index (χ1) is 9.34. The molecule has 19 heavy (non-hydrogen) atoms. The average Bonchev–Trinajstić information content (AvgIpc) is 2.88. The fourth-order valence-corrected chi connectivity index (χ4v) is 4.85.